The number of amides is 1. The maximum Gasteiger partial charge on any atom is 0.226 e. The Hall–Kier alpha value is -0.610. The predicted octanol–water partition coefficient (Wildman–Crippen LogP) is 0.622. The molecule has 2 saturated heterocycles. The van der Waals surface area contributed by atoms with E-state index in [0.29, 0.717) is 18.0 Å². The molecule has 0 bridgehead atoms. The van der Waals surface area contributed by atoms with Crippen molar-refractivity contribution in [2.24, 2.45) is 5.92 Å². The predicted molar refractivity (Wildman–Crippen MR) is 62.2 cm³/mol. The third-order valence-corrected chi connectivity index (χ3v) is 3.89. The summed E-state index contributed by atoms with van der Waals surface area (Å²) < 4.78 is 5.30. The van der Waals surface area contributed by atoms with E-state index in [-0.39, 0.29) is 5.92 Å². The van der Waals surface area contributed by atoms with Gasteiger partial charge in [0.2, 0.25) is 5.91 Å². The second-order valence-corrected chi connectivity index (χ2v) is 4.90. The first-order valence-electron chi connectivity index (χ1n) is 6.31. The Labute approximate surface area is 97.3 Å². The lowest BCUT2D eigenvalue weighted by molar-refractivity contribution is -0.142. The first-order valence-corrected chi connectivity index (χ1v) is 6.31. The summed E-state index contributed by atoms with van der Waals surface area (Å²) in [6.07, 6.45) is 1.79. The molecule has 2 aliphatic rings. The fourth-order valence-corrected chi connectivity index (χ4v) is 2.55. The molecule has 1 amide bonds. The van der Waals surface area contributed by atoms with Crippen LogP contribution in [0.25, 0.3) is 0 Å². The van der Waals surface area contributed by atoms with Crippen LogP contribution in [0, 0.1) is 5.92 Å². The van der Waals surface area contributed by atoms with Gasteiger partial charge in [-0.05, 0) is 26.7 Å². The highest BCUT2D eigenvalue weighted by Crippen LogP contribution is 2.20. The summed E-state index contributed by atoms with van der Waals surface area (Å²) in [5.41, 5.74) is 0. The van der Waals surface area contributed by atoms with E-state index < -0.39 is 0 Å². The molecule has 0 saturated carbocycles. The van der Waals surface area contributed by atoms with E-state index in [9.17, 15) is 4.79 Å². The number of hydrogen-bond acceptors (Lipinski definition) is 3. The van der Waals surface area contributed by atoms with Crippen LogP contribution in [0.5, 0.6) is 0 Å². The van der Waals surface area contributed by atoms with E-state index in [2.05, 4.69) is 24.1 Å². The van der Waals surface area contributed by atoms with Crippen LogP contribution in [0.3, 0.4) is 0 Å². The third kappa shape index (κ3) is 2.38. The van der Waals surface area contributed by atoms with Gasteiger partial charge in [-0.25, -0.2) is 0 Å². The molecule has 4 heteroatoms. The van der Waals surface area contributed by atoms with Gasteiger partial charge in [0.1, 0.15) is 0 Å². The number of hydrogen-bond donors (Lipinski definition) is 1. The van der Waals surface area contributed by atoms with Crippen LogP contribution in [0.15, 0.2) is 0 Å². The van der Waals surface area contributed by atoms with Crippen molar-refractivity contribution in [3.8, 4) is 0 Å². The topological polar surface area (TPSA) is 41.6 Å². The number of carbonyl (C=O) groups is 1. The molecule has 0 spiro atoms. The van der Waals surface area contributed by atoms with Gasteiger partial charge >= 0.3 is 0 Å². The van der Waals surface area contributed by atoms with Crippen LogP contribution in [0.2, 0.25) is 0 Å². The molecule has 0 radical (unpaired) electrons. The van der Waals surface area contributed by atoms with Gasteiger partial charge in [0.15, 0.2) is 0 Å². The van der Waals surface area contributed by atoms with Gasteiger partial charge < -0.3 is 15.0 Å². The molecule has 16 heavy (non-hydrogen) atoms. The van der Waals surface area contributed by atoms with Crippen molar-refractivity contribution in [3.05, 3.63) is 0 Å². The lowest BCUT2D eigenvalue weighted by Gasteiger charge is -2.40. The van der Waals surface area contributed by atoms with Gasteiger partial charge in [0.05, 0.1) is 0 Å². The third-order valence-electron chi connectivity index (χ3n) is 3.89. The minimum absolute atomic E-state index is 0.196. The van der Waals surface area contributed by atoms with Crippen LogP contribution in [0.1, 0.15) is 26.7 Å². The van der Waals surface area contributed by atoms with Crippen molar-refractivity contribution >= 4 is 5.91 Å². The summed E-state index contributed by atoms with van der Waals surface area (Å²) >= 11 is 0. The van der Waals surface area contributed by atoms with Gasteiger partial charge in [-0.1, -0.05) is 0 Å². The van der Waals surface area contributed by atoms with E-state index in [4.69, 9.17) is 4.74 Å². The highest BCUT2D eigenvalue weighted by Gasteiger charge is 2.32. The first-order chi connectivity index (χ1) is 7.70. The van der Waals surface area contributed by atoms with Crippen LogP contribution in [-0.4, -0.2) is 49.2 Å². The fourth-order valence-electron chi connectivity index (χ4n) is 2.55. The molecule has 2 heterocycles. The standard InChI is InChI=1S/C12H22N2O2/c1-9-10(2)14(6-5-13-9)12(15)11-3-7-16-8-4-11/h9-11,13H,3-8H2,1-2H3. The van der Waals surface area contributed by atoms with Gasteiger partial charge in [0.25, 0.3) is 0 Å². The quantitative estimate of drug-likeness (QED) is 0.713. The molecule has 2 rings (SSSR count). The molecule has 2 fully saturated rings. The Kier molecular flexibility index (Phi) is 3.82. The molecule has 0 aromatic heterocycles. The second kappa shape index (κ2) is 5.15. The minimum atomic E-state index is 0.196. The number of ether oxygens (including phenoxy) is 1. The highest BCUT2D eigenvalue weighted by molar-refractivity contribution is 5.79. The summed E-state index contributed by atoms with van der Waals surface area (Å²) in [5.74, 6) is 0.533. The second-order valence-electron chi connectivity index (χ2n) is 4.90. The molecule has 0 aromatic rings. The summed E-state index contributed by atoms with van der Waals surface area (Å²) in [7, 11) is 0. The normalized spacial score (nSPS) is 32.8. The minimum Gasteiger partial charge on any atom is -0.381 e. The maximum atomic E-state index is 12.4. The molecule has 1 N–H and O–H groups in total. The van der Waals surface area contributed by atoms with E-state index in [1.807, 2.05) is 0 Å². The molecule has 4 nitrogen and oxygen atoms in total. The molecule has 2 atom stereocenters. The van der Waals surface area contributed by atoms with E-state index >= 15 is 0 Å². The Balaban J connectivity index is 1.96. The van der Waals surface area contributed by atoms with E-state index in [1.165, 1.54) is 0 Å². The van der Waals surface area contributed by atoms with Gasteiger partial charge in [-0.15, -0.1) is 0 Å². The molecule has 0 aliphatic carbocycles. The maximum absolute atomic E-state index is 12.4. The monoisotopic (exact) mass is 226 g/mol. The number of rotatable bonds is 1. The summed E-state index contributed by atoms with van der Waals surface area (Å²) in [6.45, 7) is 7.53. The van der Waals surface area contributed by atoms with E-state index in [0.717, 1.165) is 39.1 Å². The average Bonchev–Trinajstić information content (AvgIpc) is 2.33. The van der Waals surface area contributed by atoms with Gasteiger partial charge in [0, 0.05) is 44.3 Å². The first kappa shape index (κ1) is 11.9. The lowest BCUT2D eigenvalue weighted by atomic mass is 9.96. The molecule has 2 aliphatic heterocycles. The van der Waals surface area contributed by atoms with Crippen molar-refractivity contribution in [1.82, 2.24) is 10.2 Å². The summed E-state index contributed by atoms with van der Waals surface area (Å²) in [4.78, 5) is 14.4. The zero-order chi connectivity index (χ0) is 11.5. The molecular weight excluding hydrogens is 204 g/mol. The van der Waals surface area contributed by atoms with E-state index in [1.54, 1.807) is 0 Å². The Morgan fingerprint density at radius 3 is 2.69 bits per heavy atom. The fraction of sp³-hybridized carbons (Fsp3) is 0.917. The Bertz CT molecular complexity index is 251. The van der Waals surface area contributed by atoms with Crippen molar-refractivity contribution < 1.29 is 9.53 Å². The largest absolute Gasteiger partial charge is 0.381 e. The van der Waals surface area contributed by atoms with Crippen molar-refractivity contribution in [3.63, 3.8) is 0 Å². The Morgan fingerprint density at radius 1 is 1.31 bits per heavy atom. The van der Waals surface area contributed by atoms with Crippen LogP contribution >= 0.6 is 0 Å². The van der Waals surface area contributed by atoms with Crippen molar-refractivity contribution in [2.75, 3.05) is 26.3 Å². The number of nitrogens with one attached hydrogen (secondary N) is 1. The molecule has 92 valence electrons. The Morgan fingerprint density at radius 2 is 2.00 bits per heavy atom. The van der Waals surface area contributed by atoms with Crippen molar-refractivity contribution in [1.29, 1.82) is 0 Å². The SMILES string of the molecule is CC1NCCN(C(=O)C2CCOCC2)C1C. The number of carbonyl (C=O) groups excluding carboxylic acids is 1. The summed E-state index contributed by atoms with van der Waals surface area (Å²) in [5, 5.41) is 3.40. The van der Waals surface area contributed by atoms with Crippen LogP contribution in [-0.2, 0) is 9.53 Å². The molecular formula is C12H22N2O2. The molecule has 0 aromatic carbocycles. The zero-order valence-electron chi connectivity index (χ0n) is 10.2. The van der Waals surface area contributed by atoms with Crippen molar-refractivity contribution in [2.45, 2.75) is 38.8 Å². The van der Waals surface area contributed by atoms with Gasteiger partial charge in [-0.2, -0.15) is 0 Å². The number of piperazine rings is 1. The zero-order valence-corrected chi connectivity index (χ0v) is 10.2. The lowest BCUT2D eigenvalue weighted by Crippen LogP contribution is -2.58. The number of nitrogens with zero attached hydrogens (tertiary/aromatic N) is 1. The molecule has 2 unspecified atom stereocenters. The van der Waals surface area contributed by atoms with Crippen LogP contribution < -0.4 is 5.32 Å². The smallest absolute Gasteiger partial charge is 0.226 e. The summed E-state index contributed by atoms with van der Waals surface area (Å²) in [6, 6.07) is 0.710. The van der Waals surface area contributed by atoms with Gasteiger partial charge in [-0.3, -0.25) is 4.79 Å². The van der Waals surface area contributed by atoms with Crippen LogP contribution in [0.4, 0.5) is 0 Å². The average molecular weight is 226 g/mol. The highest BCUT2D eigenvalue weighted by atomic mass is 16.5.